The molecule has 0 unspecified atom stereocenters. The standard InChI is InChI=1S/C21H20N6O3/c1-2-29-16-8-4-3-6-14(16)20(28)22-12-17-24-25-19-15(7-5-11-27(17)19)21-23-18(26-30-21)13-9-10-13/h3-8,11,13H,2,9-10,12H2,1H3,(H,22,28). The number of carbonyl (C=O) groups excluding carboxylic acids is 1. The fourth-order valence-electron chi connectivity index (χ4n) is 3.29. The summed E-state index contributed by atoms with van der Waals surface area (Å²) in [5.74, 6) is 2.48. The molecule has 4 aromatic rings. The Labute approximate surface area is 172 Å². The molecule has 0 saturated heterocycles. The molecule has 1 saturated carbocycles. The van der Waals surface area contributed by atoms with Gasteiger partial charge in [-0.3, -0.25) is 9.20 Å². The number of benzene rings is 1. The van der Waals surface area contributed by atoms with Crippen LogP contribution >= 0.6 is 0 Å². The van der Waals surface area contributed by atoms with Crippen LogP contribution in [0.25, 0.3) is 17.1 Å². The van der Waals surface area contributed by atoms with Crippen LogP contribution in [0.15, 0.2) is 47.1 Å². The van der Waals surface area contributed by atoms with Crippen molar-refractivity contribution >= 4 is 11.6 Å². The highest BCUT2D eigenvalue weighted by molar-refractivity contribution is 5.96. The predicted octanol–water partition coefficient (Wildman–Crippen LogP) is 2.99. The second-order valence-electron chi connectivity index (χ2n) is 7.08. The topological polar surface area (TPSA) is 107 Å². The Morgan fingerprint density at radius 1 is 1.23 bits per heavy atom. The lowest BCUT2D eigenvalue weighted by Gasteiger charge is -2.10. The van der Waals surface area contributed by atoms with Gasteiger partial charge in [0.2, 0.25) is 0 Å². The number of ether oxygens (including phenoxy) is 1. The highest BCUT2D eigenvalue weighted by Crippen LogP contribution is 2.39. The van der Waals surface area contributed by atoms with Crippen molar-refractivity contribution in [2.45, 2.75) is 32.2 Å². The average molecular weight is 404 g/mol. The van der Waals surface area contributed by atoms with Gasteiger partial charge in [-0.2, -0.15) is 4.98 Å². The number of fused-ring (bicyclic) bond motifs is 1. The maximum absolute atomic E-state index is 12.7. The first kappa shape index (κ1) is 18.3. The minimum atomic E-state index is -0.238. The van der Waals surface area contributed by atoms with E-state index in [0.717, 1.165) is 18.7 Å². The maximum atomic E-state index is 12.7. The van der Waals surface area contributed by atoms with Gasteiger partial charge in [-0.05, 0) is 44.0 Å². The molecule has 3 heterocycles. The van der Waals surface area contributed by atoms with Crippen molar-refractivity contribution in [3.63, 3.8) is 0 Å². The molecule has 5 rings (SSSR count). The van der Waals surface area contributed by atoms with E-state index in [1.165, 1.54) is 0 Å². The van der Waals surface area contributed by atoms with Gasteiger partial charge in [-0.1, -0.05) is 17.3 Å². The monoisotopic (exact) mass is 404 g/mol. The van der Waals surface area contributed by atoms with E-state index in [1.54, 1.807) is 18.2 Å². The van der Waals surface area contributed by atoms with E-state index in [4.69, 9.17) is 9.26 Å². The van der Waals surface area contributed by atoms with Gasteiger partial charge in [0.05, 0.1) is 24.3 Å². The minimum Gasteiger partial charge on any atom is -0.493 e. The first-order valence-corrected chi connectivity index (χ1v) is 9.91. The van der Waals surface area contributed by atoms with E-state index in [9.17, 15) is 4.79 Å². The van der Waals surface area contributed by atoms with Gasteiger partial charge in [0.1, 0.15) is 5.75 Å². The van der Waals surface area contributed by atoms with Crippen molar-refractivity contribution < 1.29 is 14.1 Å². The molecule has 0 aliphatic heterocycles. The second-order valence-corrected chi connectivity index (χ2v) is 7.08. The molecule has 0 atom stereocenters. The smallest absolute Gasteiger partial charge is 0.261 e. The van der Waals surface area contributed by atoms with Crippen molar-refractivity contribution in [1.29, 1.82) is 0 Å². The summed E-state index contributed by atoms with van der Waals surface area (Å²) < 4.78 is 12.8. The average Bonchev–Trinajstić information content (AvgIpc) is 3.35. The number of para-hydroxylation sites is 1. The van der Waals surface area contributed by atoms with Crippen LogP contribution in [0.5, 0.6) is 5.75 Å². The highest BCUT2D eigenvalue weighted by atomic mass is 16.5. The van der Waals surface area contributed by atoms with Crippen LogP contribution in [-0.4, -0.2) is 37.3 Å². The highest BCUT2D eigenvalue weighted by Gasteiger charge is 2.29. The molecule has 0 spiro atoms. The van der Waals surface area contributed by atoms with Crippen molar-refractivity contribution in [3.05, 3.63) is 59.8 Å². The van der Waals surface area contributed by atoms with Gasteiger partial charge in [-0.15, -0.1) is 10.2 Å². The molecule has 1 aliphatic carbocycles. The van der Waals surface area contributed by atoms with Crippen molar-refractivity contribution in [1.82, 2.24) is 30.1 Å². The second kappa shape index (κ2) is 7.58. The summed E-state index contributed by atoms with van der Waals surface area (Å²) in [5, 5.41) is 15.5. The number of pyridine rings is 1. The van der Waals surface area contributed by atoms with Crippen LogP contribution in [0.4, 0.5) is 0 Å². The van der Waals surface area contributed by atoms with Crippen molar-refractivity contribution in [3.8, 4) is 17.2 Å². The Morgan fingerprint density at radius 2 is 2.10 bits per heavy atom. The van der Waals surface area contributed by atoms with Crippen LogP contribution in [0.2, 0.25) is 0 Å². The van der Waals surface area contributed by atoms with Crippen molar-refractivity contribution in [2.24, 2.45) is 0 Å². The third-order valence-corrected chi connectivity index (χ3v) is 4.96. The summed E-state index contributed by atoms with van der Waals surface area (Å²) in [4.78, 5) is 17.2. The van der Waals surface area contributed by atoms with E-state index in [0.29, 0.717) is 46.8 Å². The Balaban J connectivity index is 1.37. The number of amides is 1. The summed E-state index contributed by atoms with van der Waals surface area (Å²) in [7, 11) is 0. The summed E-state index contributed by atoms with van der Waals surface area (Å²) in [6.45, 7) is 2.58. The minimum absolute atomic E-state index is 0.209. The Morgan fingerprint density at radius 3 is 2.93 bits per heavy atom. The molecule has 1 fully saturated rings. The zero-order valence-corrected chi connectivity index (χ0v) is 16.4. The third kappa shape index (κ3) is 3.38. The van der Waals surface area contributed by atoms with Crippen molar-refractivity contribution in [2.75, 3.05) is 6.61 Å². The molecule has 9 heteroatoms. The normalized spacial score (nSPS) is 13.5. The zero-order valence-electron chi connectivity index (χ0n) is 16.4. The number of carbonyl (C=O) groups is 1. The number of hydrogen-bond donors (Lipinski definition) is 1. The predicted molar refractivity (Wildman–Crippen MR) is 107 cm³/mol. The van der Waals surface area contributed by atoms with E-state index >= 15 is 0 Å². The van der Waals surface area contributed by atoms with Gasteiger partial charge < -0.3 is 14.6 Å². The number of rotatable bonds is 7. The van der Waals surface area contributed by atoms with Gasteiger partial charge in [-0.25, -0.2) is 0 Å². The van der Waals surface area contributed by atoms with Crippen LogP contribution in [0.3, 0.4) is 0 Å². The molecule has 1 N–H and O–H groups in total. The largest absolute Gasteiger partial charge is 0.493 e. The third-order valence-electron chi connectivity index (χ3n) is 4.96. The molecular formula is C21H20N6O3. The molecular weight excluding hydrogens is 384 g/mol. The molecule has 9 nitrogen and oxygen atoms in total. The fourth-order valence-corrected chi connectivity index (χ4v) is 3.29. The van der Waals surface area contributed by atoms with Gasteiger partial charge >= 0.3 is 0 Å². The van der Waals surface area contributed by atoms with E-state index in [1.807, 2.05) is 35.7 Å². The first-order valence-electron chi connectivity index (χ1n) is 9.91. The number of hydrogen-bond acceptors (Lipinski definition) is 7. The lowest BCUT2D eigenvalue weighted by molar-refractivity contribution is 0.0946. The Bertz CT molecular complexity index is 1210. The summed E-state index contributed by atoms with van der Waals surface area (Å²) in [6.07, 6.45) is 4.04. The number of aromatic nitrogens is 5. The quantitative estimate of drug-likeness (QED) is 0.504. The van der Waals surface area contributed by atoms with E-state index in [2.05, 4.69) is 25.7 Å². The lowest BCUT2D eigenvalue weighted by Crippen LogP contribution is -2.24. The fraction of sp³-hybridized carbons (Fsp3) is 0.286. The molecule has 30 heavy (non-hydrogen) atoms. The van der Waals surface area contributed by atoms with Crippen LogP contribution in [-0.2, 0) is 6.54 Å². The number of nitrogens with zero attached hydrogens (tertiary/aromatic N) is 5. The molecule has 152 valence electrons. The Kier molecular flexibility index (Phi) is 4.62. The van der Waals surface area contributed by atoms with Crippen LogP contribution < -0.4 is 10.1 Å². The molecule has 3 aromatic heterocycles. The molecule has 1 aromatic carbocycles. The van der Waals surface area contributed by atoms with Gasteiger partial charge in [0.15, 0.2) is 17.3 Å². The molecule has 0 radical (unpaired) electrons. The molecule has 0 bridgehead atoms. The van der Waals surface area contributed by atoms with Crippen LogP contribution in [0.1, 0.15) is 47.7 Å². The molecule has 1 aliphatic rings. The molecule has 1 amide bonds. The maximum Gasteiger partial charge on any atom is 0.261 e. The first-order chi connectivity index (χ1) is 14.7. The van der Waals surface area contributed by atoms with Crippen LogP contribution in [0, 0.1) is 0 Å². The Hall–Kier alpha value is -3.75. The van der Waals surface area contributed by atoms with E-state index in [-0.39, 0.29) is 12.5 Å². The SMILES string of the molecule is CCOc1ccccc1C(=O)NCc1nnc2c(-c3nc(C4CC4)no3)cccn12. The summed E-state index contributed by atoms with van der Waals surface area (Å²) in [5.41, 5.74) is 1.79. The zero-order chi connectivity index (χ0) is 20.5. The summed E-state index contributed by atoms with van der Waals surface area (Å²) in [6, 6.07) is 10.9. The number of nitrogens with one attached hydrogen (secondary N) is 1. The van der Waals surface area contributed by atoms with Gasteiger partial charge in [0, 0.05) is 12.1 Å². The summed E-state index contributed by atoms with van der Waals surface area (Å²) >= 11 is 0. The van der Waals surface area contributed by atoms with Gasteiger partial charge in [0.25, 0.3) is 11.8 Å². The lowest BCUT2D eigenvalue weighted by atomic mass is 10.2. The van der Waals surface area contributed by atoms with E-state index < -0.39 is 0 Å².